The molecule has 0 aliphatic heterocycles. The molecular weight excluding hydrogens is 1530 g/mol. The van der Waals surface area contributed by atoms with E-state index in [0.717, 1.165) is 44.6 Å². The predicted molar refractivity (Wildman–Crippen MR) is 426 cm³/mol. The van der Waals surface area contributed by atoms with E-state index in [0.29, 0.717) is 99.8 Å². The summed E-state index contributed by atoms with van der Waals surface area (Å²) < 4.78 is 125. The maximum atomic E-state index is 13.8. The van der Waals surface area contributed by atoms with Crippen LogP contribution in [0.1, 0.15) is 98.3 Å². The third kappa shape index (κ3) is 23.6. The van der Waals surface area contributed by atoms with Crippen LogP contribution in [0, 0.1) is 23.3 Å². The molecule has 7 heterocycles. The summed E-state index contributed by atoms with van der Waals surface area (Å²) in [5.74, 6) is -0.0210. The Hall–Kier alpha value is -14.0. The van der Waals surface area contributed by atoms with Gasteiger partial charge in [0.1, 0.15) is 107 Å². The lowest BCUT2D eigenvalue weighted by Gasteiger charge is -2.28. The lowest BCUT2D eigenvalue weighted by atomic mass is 10.1. The van der Waals surface area contributed by atoms with Gasteiger partial charge in [-0.2, -0.15) is 13.2 Å². The normalized spacial score (nSPS) is 11.2. The molecule has 8 aromatic carbocycles. The Morgan fingerprint density at radius 2 is 0.829 bits per heavy atom. The molecule has 596 valence electrons. The van der Waals surface area contributed by atoms with E-state index in [9.17, 15) is 49.9 Å². The SMILES string of the molecule is COC[C@H](C)N(Cc1ccc(OCc2ccccc2F)cc1)C(=O)c1cn2ccccc2n1.O=C(NCc1ccc(OCc2ccccc2F)cc1)c1ccn2ccnc2c1.O=C(NCc1ccc(OCc2ccccc2F)cc1)c1cn2ccccc2n1.O=C(NCc1ccc(OCc2ccccc2F)cc1)c1csc(C(F)(F)F)n1. The van der Waals surface area contributed by atoms with Crippen molar-refractivity contribution in [2.75, 3.05) is 13.7 Å². The number of fused-ring (bicyclic) bond motifs is 3. The Balaban J connectivity index is 0.000000144. The lowest BCUT2D eigenvalue weighted by molar-refractivity contribution is -0.137. The number of alkyl halides is 3. The van der Waals surface area contributed by atoms with Gasteiger partial charge in [0.2, 0.25) is 0 Å². The summed E-state index contributed by atoms with van der Waals surface area (Å²) in [4.78, 5) is 67.9. The number of rotatable bonds is 27. The van der Waals surface area contributed by atoms with Gasteiger partial charge in [-0.3, -0.25) is 19.2 Å². The molecule has 0 aliphatic carbocycles. The molecule has 1 atom stereocenters. The fraction of sp³-hybridized carbons (Fsp3) is 0.146. The van der Waals surface area contributed by atoms with E-state index in [1.165, 1.54) is 24.3 Å². The number of nitrogens with one attached hydrogen (secondary N) is 3. The van der Waals surface area contributed by atoms with Crippen LogP contribution in [-0.2, 0) is 63.5 Å². The molecular formula is C89H76F7N11O9S. The number of carbonyl (C=O) groups is 4. The summed E-state index contributed by atoms with van der Waals surface area (Å²) in [7, 11) is 1.62. The van der Waals surface area contributed by atoms with Gasteiger partial charge in [-0.05, 0) is 138 Å². The molecule has 15 aromatic rings. The average molecular weight is 1610 g/mol. The second-order valence-corrected chi connectivity index (χ2v) is 27.1. The van der Waals surface area contributed by atoms with Crippen LogP contribution < -0.4 is 34.9 Å². The van der Waals surface area contributed by atoms with E-state index in [2.05, 4.69) is 35.9 Å². The van der Waals surface area contributed by atoms with Crippen LogP contribution >= 0.6 is 11.3 Å². The smallest absolute Gasteiger partial charge is 0.443 e. The number of hydrogen-bond acceptors (Lipinski definition) is 14. The molecule has 20 nitrogen and oxygen atoms in total. The lowest BCUT2D eigenvalue weighted by Crippen LogP contribution is -2.40. The van der Waals surface area contributed by atoms with Crippen molar-refractivity contribution >= 4 is 51.9 Å². The Morgan fingerprint density at radius 1 is 0.436 bits per heavy atom. The summed E-state index contributed by atoms with van der Waals surface area (Å²) in [6.45, 7) is 4.19. The highest BCUT2D eigenvalue weighted by molar-refractivity contribution is 7.10. The largest absolute Gasteiger partial charge is 0.489 e. The number of carbonyl (C=O) groups excluding carboxylic acids is 4. The first-order valence-electron chi connectivity index (χ1n) is 36.5. The zero-order valence-electron chi connectivity index (χ0n) is 63.0. The Labute approximate surface area is 671 Å². The van der Waals surface area contributed by atoms with Gasteiger partial charge >= 0.3 is 6.18 Å². The third-order valence-corrected chi connectivity index (χ3v) is 18.7. The van der Waals surface area contributed by atoms with Crippen LogP contribution in [-0.4, -0.2) is 81.4 Å². The molecule has 117 heavy (non-hydrogen) atoms. The molecule has 4 amide bonds. The van der Waals surface area contributed by atoms with Crippen LogP contribution in [0.2, 0.25) is 0 Å². The maximum absolute atomic E-state index is 13.8. The number of benzene rings is 8. The molecule has 0 saturated carbocycles. The maximum Gasteiger partial charge on any atom is 0.443 e. The van der Waals surface area contributed by atoms with Crippen molar-refractivity contribution in [1.82, 2.24) is 54.0 Å². The fourth-order valence-corrected chi connectivity index (χ4v) is 12.1. The Bertz CT molecular complexity index is 5640. The molecule has 15 rings (SSSR count). The molecule has 0 unspecified atom stereocenters. The standard InChI is InChI=1S/C26H26FN3O3.2C22H18FN3O2.C19H14F4N2O2S/c1-19(17-32-2)30(26(31)24-16-29-14-6-5-9-25(29)28-24)15-20-10-12-22(13-11-20)33-18-21-7-3-4-8-23(21)27;23-19-6-2-1-5-17(19)15-28-18-10-8-16(9-11-18)13-24-22(27)20-14-26-12-4-3-7-21(26)25-20;23-20-4-2-1-3-18(20)15-28-19-7-5-16(6-8-19)14-25-22(27)17-9-11-26-12-10-24-21(26)13-17;20-15-4-2-1-3-13(15)10-27-14-7-5-12(6-8-14)9-24-17(26)16-11-28-18(25-16)19(21,22)23/h3-14,16,19H,15,17-18H2,1-2H3;1-12,14H,13,15H2,(H,24,27);1-13H,14-15H2,(H,25,27);1-8,11H,9-10H2,(H,24,26)/t19-;;;/m0.../s1. The number of halogens is 7. The topological polar surface area (TPSA) is 219 Å². The summed E-state index contributed by atoms with van der Waals surface area (Å²) >= 11 is 0.373. The number of methoxy groups -OCH3 is 1. The van der Waals surface area contributed by atoms with E-state index >= 15 is 0 Å². The van der Waals surface area contributed by atoms with Gasteiger partial charge in [-0.25, -0.2) is 37.5 Å². The fourth-order valence-electron chi connectivity index (χ4n) is 11.5. The van der Waals surface area contributed by atoms with E-state index in [4.69, 9.17) is 23.7 Å². The minimum atomic E-state index is -4.57. The summed E-state index contributed by atoms with van der Waals surface area (Å²) in [6.07, 6.45) is 7.90. The van der Waals surface area contributed by atoms with E-state index < -0.39 is 17.1 Å². The number of amides is 4. The van der Waals surface area contributed by atoms with Crippen molar-refractivity contribution in [2.45, 2.75) is 71.7 Å². The van der Waals surface area contributed by atoms with Gasteiger partial charge in [0.05, 0.1) is 12.6 Å². The highest BCUT2D eigenvalue weighted by atomic mass is 32.1. The number of hydrogen-bond donors (Lipinski definition) is 3. The Kier molecular flexibility index (Phi) is 28.3. The van der Waals surface area contributed by atoms with Crippen molar-refractivity contribution in [2.24, 2.45) is 0 Å². The highest BCUT2D eigenvalue weighted by Crippen LogP contribution is 2.32. The number of pyridine rings is 3. The van der Waals surface area contributed by atoms with Crippen LogP contribution in [0.3, 0.4) is 0 Å². The van der Waals surface area contributed by atoms with Gasteiger partial charge < -0.3 is 57.7 Å². The molecule has 3 N–H and O–H groups in total. The number of thiazole rings is 1. The summed E-state index contributed by atoms with van der Waals surface area (Å²) in [5.41, 5.74) is 8.68. The number of aromatic nitrogens is 7. The molecule has 0 bridgehead atoms. The second kappa shape index (κ2) is 40.1. The van der Waals surface area contributed by atoms with Crippen molar-refractivity contribution in [3.05, 3.63) is 387 Å². The van der Waals surface area contributed by atoms with Crippen molar-refractivity contribution in [3.63, 3.8) is 0 Å². The first-order chi connectivity index (χ1) is 56.7. The first kappa shape index (κ1) is 82.5. The van der Waals surface area contributed by atoms with Crippen LogP contribution in [0.25, 0.3) is 16.9 Å². The minimum absolute atomic E-state index is 0.0775. The number of ether oxygens (including phenoxy) is 5. The number of imidazole rings is 3. The number of nitrogens with zero attached hydrogens (tertiary/aromatic N) is 8. The molecule has 0 fully saturated rings. The molecule has 0 saturated heterocycles. The Morgan fingerprint density at radius 3 is 1.24 bits per heavy atom. The summed E-state index contributed by atoms with van der Waals surface area (Å²) in [5, 5.41) is 8.26. The summed E-state index contributed by atoms with van der Waals surface area (Å²) in [6, 6.07) is 69.3. The van der Waals surface area contributed by atoms with E-state index in [1.807, 2.05) is 119 Å². The monoisotopic (exact) mass is 1610 g/mol. The molecule has 0 aliphatic rings. The van der Waals surface area contributed by atoms with Crippen LogP contribution in [0.4, 0.5) is 30.7 Å². The minimum Gasteiger partial charge on any atom is -0.489 e. The molecule has 0 radical (unpaired) electrons. The van der Waals surface area contributed by atoms with Crippen molar-refractivity contribution in [1.29, 1.82) is 0 Å². The van der Waals surface area contributed by atoms with Gasteiger partial charge in [0.25, 0.3) is 23.6 Å². The van der Waals surface area contributed by atoms with Gasteiger partial charge in [0.15, 0.2) is 5.01 Å². The van der Waals surface area contributed by atoms with E-state index in [1.54, 1.807) is 175 Å². The first-order valence-corrected chi connectivity index (χ1v) is 37.4. The second-order valence-electron chi connectivity index (χ2n) is 26.2. The van der Waals surface area contributed by atoms with E-state index in [-0.39, 0.29) is 85.7 Å². The third-order valence-electron chi connectivity index (χ3n) is 17.8. The van der Waals surface area contributed by atoms with Crippen LogP contribution in [0.5, 0.6) is 23.0 Å². The van der Waals surface area contributed by atoms with Gasteiger partial charge in [-0.1, -0.05) is 133 Å². The van der Waals surface area contributed by atoms with Gasteiger partial charge in [-0.15, -0.1) is 11.3 Å². The quantitative estimate of drug-likeness (QED) is 0.0409. The van der Waals surface area contributed by atoms with Gasteiger partial charge in [0, 0.05) is 110 Å². The molecule has 7 aromatic heterocycles. The highest BCUT2D eigenvalue weighted by Gasteiger charge is 2.35. The predicted octanol–water partition coefficient (Wildman–Crippen LogP) is 17.5. The van der Waals surface area contributed by atoms with Crippen molar-refractivity contribution < 1.29 is 73.6 Å². The molecule has 28 heteroatoms. The zero-order valence-corrected chi connectivity index (χ0v) is 63.8. The zero-order chi connectivity index (χ0) is 82.1. The van der Waals surface area contributed by atoms with Crippen molar-refractivity contribution in [3.8, 4) is 23.0 Å². The molecule has 0 spiro atoms. The average Bonchev–Trinajstić information content (AvgIpc) is 1.71. The van der Waals surface area contributed by atoms with Crippen LogP contribution in [0.15, 0.2) is 291 Å².